The second kappa shape index (κ2) is 9.25. The summed E-state index contributed by atoms with van der Waals surface area (Å²) in [6, 6.07) is 13.7. The SMILES string of the molecule is CCOC(=O)c1c(-c2ccc([N+](=O)[O-])cc2)csc1NC(=O)Cc1cn(C)c2ccccc12. The first kappa shape index (κ1) is 22.2. The molecule has 4 aromatic rings. The van der Waals surface area contributed by atoms with Crippen molar-refractivity contribution in [1.82, 2.24) is 4.57 Å². The third-order valence-electron chi connectivity index (χ3n) is 5.24. The summed E-state index contributed by atoms with van der Waals surface area (Å²) in [5.74, 6) is -0.818. The number of aromatic nitrogens is 1. The second-order valence-electron chi connectivity index (χ2n) is 7.39. The van der Waals surface area contributed by atoms with E-state index in [1.165, 1.54) is 23.5 Å². The first-order valence-electron chi connectivity index (χ1n) is 10.2. The summed E-state index contributed by atoms with van der Waals surface area (Å²) in [7, 11) is 1.93. The van der Waals surface area contributed by atoms with Crippen molar-refractivity contribution in [3.8, 4) is 11.1 Å². The van der Waals surface area contributed by atoms with Gasteiger partial charge < -0.3 is 14.6 Å². The summed E-state index contributed by atoms with van der Waals surface area (Å²) < 4.78 is 7.19. The van der Waals surface area contributed by atoms with Crippen LogP contribution >= 0.6 is 11.3 Å². The fourth-order valence-corrected chi connectivity index (χ4v) is 4.71. The molecule has 4 rings (SSSR count). The van der Waals surface area contributed by atoms with Gasteiger partial charge in [-0.05, 0) is 36.2 Å². The molecule has 0 unspecified atom stereocenters. The lowest BCUT2D eigenvalue weighted by Gasteiger charge is -2.09. The monoisotopic (exact) mass is 463 g/mol. The number of amides is 1. The van der Waals surface area contributed by atoms with Crippen molar-refractivity contribution in [1.29, 1.82) is 0 Å². The Kier molecular flexibility index (Phi) is 6.23. The van der Waals surface area contributed by atoms with Crippen molar-refractivity contribution >= 4 is 44.8 Å². The Hall–Kier alpha value is -3.98. The average molecular weight is 464 g/mol. The van der Waals surface area contributed by atoms with E-state index < -0.39 is 10.9 Å². The topological polar surface area (TPSA) is 103 Å². The number of nitro benzene ring substituents is 1. The summed E-state index contributed by atoms with van der Waals surface area (Å²) >= 11 is 1.21. The number of non-ortho nitro benzene ring substituents is 1. The highest BCUT2D eigenvalue weighted by atomic mass is 32.1. The molecule has 0 aliphatic heterocycles. The number of nitrogens with one attached hydrogen (secondary N) is 1. The van der Waals surface area contributed by atoms with Crippen molar-refractivity contribution in [2.75, 3.05) is 11.9 Å². The number of ether oxygens (including phenoxy) is 1. The molecule has 2 heterocycles. The molecule has 1 N–H and O–H groups in total. The highest BCUT2D eigenvalue weighted by Crippen LogP contribution is 2.37. The Morgan fingerprint density at radius 2 is 1.88 bits per heavy atom. The van der Waals surface area contributed by atoms with Gasteiger partial charge >= 0.3 is 5.97 Å². The lowest BCUT2D eigenvalue weighted by molar-refractivity contribution is -0.384. The fourth-order valence-electron chi connectivity index (χ4n) is 3.74. The normalized spacial score (nSPS) is 10.8. The highest BCUT2D eigenvalue weighted by Gasteiger charge is 2.23. The van der Waals surface area contributed by atoms with Crippen molar-refractivity contribution in [3.63, 3.8) is 0 Å². The van der Waals surface area contributed by atoms with Gasteiger partial charge in [0.15, 0.2) is 0 Å². The van der Waals surface area contributed by atoms with Crippen LogP contribution in [-0.2, 0) is 23.0 Å². The third kappa shape index (κ3) is 4.49. The zero-order valence-electron chi connectivity index (χ0n) is 18.0. The van der Waals surface area contributed by atoms with Crippen LogP contribution in [0.1, 0.15) is 22.8 Å². The molecule has 0 bridgehead atoms. The number of carbonyl (C=O) groups is 2. The van der Waals surface area contributed by atoms with Crippen molar-refractivity contribution < 1.29 is 19.2 Å². The van der Waals surface area contributed by atoms with E-state index in [-0.39, 0.29) is 30.2 Å². The third-order valence-corrected chi connectivity index (χ3v) is 6.14. The van der Waals surface area contributed by atoms with E-state index in [0.29, 0.717) is 16.1 Å². The van der Waals surface area contributed by atoms with Crippen LogP contribution in [-0.4, -0.2) is 28.0 Å². The van der Waals surface area contributed by atoms with Gasteiger partial charge in [0.05, 0.1) is 18.0 Å². The smallest absolute Gasteiger partial charge is 0.341 e. The van der Waals surface area contributed by atoms with E-state index in [4.69, 9.17) is 4.74 Å². The maximum Gasteiger partial charge on any atom is 0.341 e. The number of nitro groups is 1. The molecule has 1 amide bonds. The van der Waals surface area contributed by atoms with Crippen molar-refractivity contribution in [2.45, 2.75) is 13.3 Å². The van der Waals surface area contributed by atoms with Crippen LogP contribution in [0.3, 0.4) is 0 Å². The van der Waals surface area contributed by atoms with Crippen molar-refractivity contribution in [2.24, 2.45) is 7.05 Å². The second-order valence-corrected chi connectivity index (χ2v) is 8.26. The first-order chi connectivity index (χ1) is 15.9. The van der Waals surface area contributed by atoms with Crippen LogP contribution in [0.2, 0.25) is 0 Å². The van der Waals surface area contributed by atoms with Gasteiger partial charge in [0.1, 0.15) is 10.6 Å². The van der Waals surface area contributed by atoms with Gasteiger partial charge in [-0.2, -0.15) is 0 Å². The number of aryl methyl sites for hydroxylation is 1. The predicted molar refractivity (Wildman–Crippen MR) is 128 cm³/mol. The standard InChI is InChI=1S/C24H21N3O5S/c1-3-32-24(29)22-19(15-8-10-17(11-9-15)27(30)31)14-33-23(22)25-21(28)12-16-13-26(2)20-7-5-4-6-18(16)20/h4-11,13-14H,3,12H2,1-2H3,(H,25,28). The lowest BCUT2D eigenvalue weighted by Crippen LogP contribution is -2.16. The van der Waals surface area contributed by atoms with Crippen LogP contribution in [0.5, 0.6) is 0 Å². The van der Waals surface area contributed by atoms with Crippen LogP contribution < -0.4 is 5.32 Å². The fraction of sp³-hybridized carbons (Fsp3) is 0.167. The molecule has 0 spiro atoms. The number of fused-ring (bicyclic) bond motifs is 1. The summed E-state index contributed by atoms with van der Waals surface area (Å²) in [5, 5.41) is 16.9. The van der Waals surface area contributed by atoms with E-state index in [0.717, 1.165) is 16.5 Å². The van der Waals surface area contributed by atoms with E-state index in [1.807, 2.05) is 42.1 Å². The Bertz CT molecular complexity index is 1350. The largest absolute Gasteiger partial charge is 0.462 e. The molecular formula is C24H21N3O5S. The zero-order chi connectivity index (χ0) is 23.5. The van der Waals surface area contributed by atoms with Crippen LogP contribution in [0.4, 0.5) is 10.7 Å². The summed E-state index contributed by atoms with van der Waals surface area (Å²) in [6.07, 6.45) is 2.07. The van der Waals surface area contributed by atoms with Gasteiger partial charge in [0, 0.05) is 47.2 Å². The Morgan fingerprint density at radius 1 is 1.15 bits per heavy atom. The minimum absolute atomic E-state index is 0.0460. The number of hydrogen-bond acceptors (Lipinski definition) is 6. The maximum absolute atomic E-state index is 12.9. The van der Waals surface area contributed by atoms with Gasteiger partial charge in [-0.3, -0.25) is 14.9 Å². The van der Waals surface area contributed by atoms with E-state index in [2.05, 4.69) is 5.32 Å². The Balaban J connectivity index is 1.63. The summed E-state index contributed by atoms with van der Waals surface area (Å²) in [4.78, 5) is 36.1. The van der Waals surface area contributed by atoms with E-state index in [1.54, 1.807) is 24.4 Å². The molecule has 168 valence electrons. The molecule has 0 saturated heterocycles. The summed E-state index contributed by atoms with van der Waals surface area (Å²) in [5.41, 5.74) is 3.28. The van der Waals surface area contributed by atoms with Crippen LogP contribution in [0.15, 0.2) is 60.1 Å². The van der Waals surface area contributed by atoms with Crippen LogP contribution in [0, 0.1) is 10.1 Å². The highest BCUT2D eigenvalue weighted by molar-refractivity contribution is 7.15. The van der Waals surface area contributed by atoms with E-state index >= 15 is 0 Å². The number of anilines is 1. The lowest BCUT2D eigenvalue weighted by atomic mass is 10.0. The van der Waals surface area contributed by atoms with Gasteiger partial charge in [0.2, 0.25) is 5.91 Å². The van der Waals surface area contributed by atoms with Crippen molar-refractivity contribution in [3.05, 3.63) is 81.3 Å². The molecule has 0 saturated carbocycles. The van der Waals surface area contributed by atoms with E-state index in [9.17, 15) is 19.7 Å². The molecule has 0 aliphatic carbocycles. The molecule has 9 heteroatoms. The number of hydrogen-bond donors (Lipinski definition) is 1. The average Bonchev–Trinajstić information content (AvgIpc) is 3.35. The maximum atomic E-state index is 12.9. The number of para-hydroxylation sites is 1. The minimum atomic E-state index is -0.562. The zero-order valence-corrected chi connectivity index (χ0v) is 18.8. The van der Waals surface area contributed by atoms with Gasteiger partial charge in [-0.15, -0.1) is 11.3 Å². The first-order valence-corrected chi connectivity index (χ1v) is 11.1. The number of benzene rings is 2. The summed E-state index contributed by atoms with van der Waals surface area (Å²) in [6.45, 7) is 1.88. The molecule has 2 aromatic carbocycles. The van der Waals surface area contributed by atoms with Crippen LogP contribution in [0.25, 0.3) is 22.0 Å². The molecule has 2 aromatic heterocycles. The number of esters is 1. The number of rotatable bonds is 7. The molecule has 0 aliphatic rings. The predicted octanol–water partition coefficient (Wildman–Crippen LogP) is 5.17. The molecule has 0 radical (unpaired) electrons. The molecule has 0 fully saturated rings. The van der Waals surface area contributed by atoms with Gasteiger partial charge in [-0.25, -0.2) is 4.79 Å². The molecule has 33 heavy (non-hydrogen) atoms. The molecule has 8 nitrogen and oxygen atoms in total. The Morgan fingerprint density at radius 3 is 2.58 bits per heavy atom. The number of thiophene rings is 1. The van der Waals surface area contributed by atoms with Gasteiger partial charge in [0.25, 0.3) is 5.69 Å². The Labute approximate surface area is 193 Å². The minimum Gasteiger partial charge on any atom is -0.462 e. The number of carbonyl (C=O) groups excluding carboxylic acids is 2. The number of nitrogens with zero attached hydrogens (tertiary/aromatic N) is 2. The van der Waals surface area contributed by atoms with Gasteiger partial charge in [-0.1, -0.05) is 18.2 Å². The quantitative estimate of drug-likeness (QED) is 0.231. The molecular weight excluding hydrogens is 442 g/mol. The molecule has 0 atom stereocenters.